The Bertz CT molecular complexity index is 204. The molecular weight excluding hydrogens is 250 g/mol. The van der Waals surface area contributed by atoms with Crippen LogP contribution in [0.25, 0.3) is 0 Å². The Hall–Kier alpha value is -0.570. The van der Waals surface area contributed by atoms with Crippen molar-refractivity contribution in [1.29, 1.82) is 0 Å². The Morgan fingerprint density at radius 2 is 1.70 bits per heavy atom. The molecule has 3 heteroatoms. The molecule has 3 nitrogen and oxygen atoms in total. The fourth-order valence-electron chi connectivity index (χ4n) is 2.67. The van der Waals surface area contributed by atoms with Gasteiger partial charge in [-0.2, -0.15) is 0 Å². The molecule has 0 aromatic heterocycles. The number of hydrogen-bond acceptors (Lipinski definition) is 2. The van der Waals surface area contributed by atoms with Crippen molar-refractivity contribution in [2.45, 2.75) is 84.5 Å². The van der Waals surface area contributed by atoms with Gasteiger partial charge >= 0.3 is 5.97 Å². The molecule has 2 N–H and O–H groups in total. The number of unbranched alkanes of at least 4 members (excludes halogenated alkanes) is 3. The number of carboxylic acids is 1. The Kier molecular flexibility index (Phi) is 14.4. The molecule has 0 aromatic rings. The molecule has 0 spiro atoms. The summed E-state index contributed by atoms with van der Waals surface area (Å²) in [6.45, 7) is 6.82. The minimum absolute atomic E-state index is 0.361. The minimum Gasteiger partial charge on any atom is -0.481 e. The van der Waals surface area contributed by atoms with Gasteiger partial charge in [-0.05, 0) is 38.3 Å². The van der Waals surface area contributed by atoms with Crippen LogP contribution in [-0.4, -0.2) is 24.2 Å². The first kappa shape index (κ1) is 19.4. The van der Waals surface area contributed by atoms with Crippen molar-refractivity contribution >= 4 is 5.97 Å². The molecule has 0 radical (unpaired) electrons. The maximum Gasteiger partial charge on any atom is 0.303 e. The number of piperidine rings is 1. The van der Waals surface area contributed by atoms with Crippen molar-refractivity contribution < 1.29 is 9.90 Å². The van der Waals surface area contributed by atoms with Crippen molar-refractivity contribution in [3.63, 3.8) is 0 Å². The molecule has 0 amide bonds. The fourth-order valence-corrected chi connectivity index (χ4v) is 2.67. The number of nitrogens with one attached hydrogen (secondary N) is 1. The largest absolute Gasteiger partial charge is 0.481 e. The van der Waals surface area contributed by atoms with Gasteiger partial charge in [0.2, 0.25) is 0 Å². The summed E-state index contributed by atoms with van der Waals surface area (Å²) >= 11 is 0. The van der Waals surface area contributed by atoms with Gasteiger partial charge in [-0.3, -0.25) is 4.79 Å². The number of hydrogen-bond donors (Lipinski definition) is 2. The summed E-state index contributed by atoms with van der Waals surface area (Å²) < 4.78 is 0. The van der Waals surface area contributed by atoms with Crippen LogP contribution in [0.2, 0.25) is 0 Å². The van der Waals surface area contributed by atoms with Gasteiger partial charge in [0.25, 0.3) is 0 Å². The zero-order valence-electron chi connectivity index (χ0n) is 13.6. The summed E-state index contributed by atoms with van der Waals surface area (Å²) in [6, 6.07) is 0. The molecule has 1 fully saturated rings. The second-order valence-electron chi connectivity index (χ2n) is 5.91. The molecule has 20 heavy (non-hydrogen) atoms. The molecule has 0 saturated carbocycles. The Labute approximate surface area is 125 Å². The molecule has 1 rings (SSSR count). The third-order valence-electron chi connectivity index (χ3n) is 3.83. The van der Waals surface area contributed by atoms with Crippen LogP contribution in [0.3, 0.4) is 0 Å². The summed E-state index contributed by atoms with van der Waals surface area (Å²) in [4.78, 5) is 10.6. The molecule has 1 aliphatic heterocycles. The van der Waals surface area contributed by atoms with Gasteiger partial charge < -0.3 is 10.4 Å². The molecular formula is C17H35NO2. The van der Waals surface area contributed by atoms with Crippen LogP contribution in [0.1, 0.15) is 84.5 Å². The summed E-state index contributed by atoms with van der Waals surface area (Å²) in [7, 11) is 0. The van der Waals surface area contributed by atoms with Gasteiger partial charge in [0.15, 0.2) is 0 Å². The van der Waals surface area contributed by atoms with Gasteiger partial charge in [0.1, 0.15) is 0 Å². The molecule has 1 saturated heterocycles. The van der Waals surface area contributed by atoms with E-state index in [1.807, 2.05) is 0 Å². The Morgan fingerprint density at radius 1 is 1.00 bits per heavy atom. The van der Waals surface area contributed by atoms with E-state index in [4.69, 9.17) is 5.11 Å². The molecule has 120 valence electrons. The van der Waals surface area contributed by atoms with Crippen molar-refractivity contribution in [3.8, 4) is 0 Å². The number of rotatable bonds is 9. The van der Waals surface area contributed by atoms with Gasteiger partial charge in [0, 0.05) is 6.42 Å². The highest BCUT2D eigenvalue weighted by Gasteiger charge is 2.11. The first-order chi connectivity index (χ1) is 9.70. The molecule has 1 atom stereocenters. The highest BCUT2D eigenvalue weighted by atomic mass is 16.4. The maximum absolute atomic E-state index is 10.6. The fraction of sp³-hybridized carbons (Fsp3) is 0.941. The van der Waals surface area contributed by atoms with E-state index in [9.17, 15) is 4.79 Å². The normalized spacial score (nSPS) is 16.1. The lowest BCUT2D eigenvalue weighted by atomic mass is 9.93. The van der Waals surface area contributed by atoms with Gasteiger partial charge in [-0.15, -0.1) is 0 Å². The highest BCUT2D eigenvalue weighted by molar-refractivity contribution is 5.66. The molecule has 1 aliphatic rings. The quantitative estimate of drug-likeness (QED) is 0.608. The third-order valence-corrected chi connectivity index (χ3v) is 3.83. The van der Waals surface area contributed by atoms with Crippen LogP contribution < -0.4 is 5.32 Å². The Balaban J connectivity index is 0.000000493. The summed E-state index contributed by atoms with van der Waals surface area (Å²) in [5.74, 6) is -0.228. The third kappa shape index (κ3) is 13.9. The van der Waals surface area contributed by atoms with Gasteiger partial charge in [-0.1, -0.05) is 58.8 Å². The predicted octanol–water partition coefficient (Wildman–Crippen LogP) is 4.61. The van der Waals surface area contributed by atoms with E-state index in [0.717, 1.165) is 19.3 Å². The van der Waals surface area contributed by atoms with Crippen molar-refractivity contribution in [1.82, 2.24) is 5.32 Å². The van der Waals surface area contributed by atoms with Crippen molar-refractivity contribution in [3.05, 3.63) is 0 Å². The van der Waals surface area contributed by atoms with Crippen molar-refractivity contribution in [2.24, 2.45) is 5.92 Å². The Morgan fingerprint density at radius 3 is 2.10 bits per heavy atom. The minimum atomic E-state index is -0.640. The summed E-state index contributed by atoms with van der Waals surface area (Å²) in [6.07, 6.45) is 12.8. The zero-order valence-corrected chi connectivity index (χ0v) is 13.6. The van der Waals surface area contributed by atoms with Crippen LogP contribution in [0, 0.1) is 5.92 Å². The molecule has 0 aromatic carbocycles. The molecule has 0 aliphatic carbocycles. The SMILES string of the molecule is C1CCNCC1.CCCCCCC(CCC)CC(=O)O. The summed E-state index contributed by atoms with van der Waals surface area (Å²) in [5.41, 5.74) is 0. The van der Waals surface area contributed by atoms with Crippen molar-refractivity contribution in [2.75, 3.05) is 13.1 Å². The second-order valence-corrected chi connectivity index (χ2v) is 5.91. The second kappa shape index (κ2) is 14.8. The average Bonchev–Trinajstić information content (AvgIpc) is 2.46. The first-order valence-corrected chi connectivity index (χ1v) is 8.63. The van der Waals surface area contributed by atoms with Crippen LogP contribution in [0.4, 0.5) is 0 Å². The first-order valence-electron chi connectivity index (χ1n) is 8.63. The average molecular weight is 285 g/mol. The van der Waals surface area contributed by atoms with E-state index < -0.39 is 5.97 Å². The number of aliphatic carboxylic acids is 1. The van der Waals surface area contributed by atoms with E-state index in [1.54, 1.807) is 0 Å². The highest BCUT2D eigenvalue weighted by Crippen LogP contribution is 2.19. The zero-order chi connectivity index (χ0) is 15.1. The van der Waals surface area contributed by atoms with Crippen LogP contribution in [0.5, 0.6) is 0 Å². The van der Waals surface area contributed by atoms with Crippen LogP contribution >= 0.6 is 0 Å². The number of carboxylic acid groups (broad SMARTS) is 1. The lowest BCUT2D eigenvalue weighted by molar-refractivity contribution is -0.138. The predicted molar refractivity (Wildman–Crippen MR) is 86.1 cm³/mol. The molecule has 1 heterocycles. The number of carbonyl (C=O) groups is 1. The van der Waals surface area contributed by atoms with Gasteiger partial charge in [-0.25, -0.2) is 0 Å². The topological polar surface area (TPSA) is 49.3 Å². The van der Waals surface area contributed by atoms with E-state index in [-0.39, 0.29) is 0 Å². The van der Waals surface area contributed by atoms with E-state index in [0.29, 0.717) is 12.3 Å². The van der Waals surface area contributed by atoms with Gasteiger partial charge in [0.05, 0.1) is 0 Å². The van der Waals surface area contributed by atoms with E-state index >= 15 is 0 Å². The molecule has 0 bridgehead atoms. The maximum atomic E-state index is 10.6. The van der Waals surface area contributed by atoms with E-state index in [2.05, 4.69) is 19.2 Å². The monoisotopic (exact) mass is 285 g/mol. The standard InChI is InChI=1S/C12H24O2.C5H11N/c1-3-5-6-7-9-11(8-4-2)10-12(13)14;1-2-4-6-5-3-1/h11H,3-10H2,1-2H3,(H,13,14);6H,1-5H2. The molecule has 1 unspecified atom stereocenters. The van der Waals surface area contributed by atoms with E-state index in [1.165, 1.54) is 58.0 Å². The summed E-state index contributed by atoms with van der Waals surface area (Å²) in [5, 5.41) is 12.0. The van der Waals surface area contributed by atoms with Crippen LogP contribution in [-0.2, 0) is 4.79 Å². The van der Waals surface area contributed by atoms with Crippen LogP contribution in [0.15, 0.2) is 0 Å². The lowest BCUT2D eigenvalue weighted by Crippen LogP contribution is -2.21. The lowest BCUT2D eigenvalue weighted by Gasteiger charge is -2.12. The smallest absolute Gasteiger partial charge is 0.303 e.